The minimum Gasteiger partial charge on any atom is -0.458 e. The molecule has 0 unspecified atom stereocenters. The summed E-state index contributed by atoms with van der Waals surface area (Å²) in [7, 11) is 0. The standard InChI is InChI=1S/C41H63NO14/c1-10-20(4)34(46)55-33-28(45)27-23(18-42-17-19(3)12-13-25(42)38(27,9)49)24-16-39-32(40(24,33)50)30(53-22(6)44)29(52-21(5)43)31-36(39,7)15-14-26(41(31,51)56-39)54-35(47)37(8,48)11-2/h19-20,23-33,45,48-51H,10-18H2,1-9H3/t19-,20-,23+,24+,25+,26+,27+,28-,29+,30-,31-,32+,33-,36-,37+,38-,39+,40-,41+/m1/s1. The van der Waals surface area contributed by atoms with Crippen molar-refractivity contribution in [3.05, 3.63) is 0 Å². The topological polar surface area (TPSA) is 219 Å². The Bertz CT molecular complexity index is 1620. The Hall–Kier alpha value is -2.40. The molecule has 4 aliphatic carbocycles. The summed E-state index contributed by atoms with van der Waals surface area (Å²) in [4.78, 5) is 55.6. The van der Waals surface area contributed by atoms with Gasteiger partial charge in [-0.15, -0.1) is 0 Å². The van der Waals surface area contributed by atoms with Gasteiger partial charge in [0.15, 0.2) is 17.8 Å². The van der Waals surface area contributed by atoms with E-state index in [1.807, 2.05) is 13.8 Å². The molecule has 56 heavy (non-hydrogen) atoms. The lowest BCUT2D eigenvalue weighted by atomic mass is 9.48. The molecule has 0 amide bonds. The normalized spacial score (nSPS) is 50.5. The number of carbonyl (C=O) groups excluding carboxylic acids is 4. The third-order valence-electron chi connectivity index (χ3n) is 16.0. The van der Waals surface area contributed by atoms with E-state index in [9.17, 15) is 44.7 Å². The first-order valence-corrected chi connectivity index (χ1v) is 20.7. The molecule has 5 N–H and O–H groups in total. The van der Waals surface area contributed by atoms with E-state index in [-0.39, 0.29) is 31.7 Å². The van der Waals surface area contributed by atoms with E-state index in [1.54, 1.807) is 20.8 Å². The van der Waals surface area contributed by atoms with Crippen LogP contribution in [0.3, 0.4) is 0 Å². The summed E-state index contributed by atoms with van der Waals surface area (Å²) in [6, 6.07) is -0.309. The second kappa shape index (κ2) is 13.6. The Morgan fingerprint density at radius 1 is 0.929 bits per heavy atom. The third-order valence-corrected chi connectivity index (χ3v) is 16.0. The molecule has 3 saturated heterocycles. The minimum absolute atomic E-state index is 0.0107. The molecule has 0 aromatic rings. The SMILES string of the molecule is CC[C@@H](C)C(=O)O[C@@H]1[C@H](O)[C@@H]2[C@@H](CN3C[C@H](C)CC[C@H]3[C@@]2(C)O)[C@@H]2C[C@@]34O[C@@]5(O)[C@@H](OC(=O)[C@@](C)(O)CC)CC[C@]3(C)[C@H]5[C@@H](OC(C)=O)[C@@H](OC(C)=O)[C@@H]4[C@@]12O. The van der Waals surface area contributed by atoms with Gasteiger partial charge in [-0.05, 0) is 76.5 Å². The second-order valence-electron chi connectivity index (χ2n) is 19.2. The van der Waals surface area contributed by atoms with E-state index in [0.717, 1.165) is 6.42 Å². The molecule has 15 nitrogen and oxygen atoms in total. The van der Waals surface area contributed by atoms with Crippen molar-refractivity contribution in [2.45, 2.75) is 172 Å². The van der Waals surface area contributed by atoms with Crippen molar-refractivity contribution in [2.24, 2.45) is 46.8 Å². The lowest BCUT2D eigenvalue weighted by Crippen LogP contribution is -2.78. The molecule has 19 atom stereocenters. The highest BCUT2D eigenvalue weighted by Gasteiger charge is 2.90. The number of rotatable bonds is 8. The molecule has 15 heteroatoms. The molecular weight excluding hydrogens is 730 g/mol. The molecule has 4 bridgehead atoms. The molecule has 3 aliphatic heterocycles. The average molecular weight is 794 g/mol. The second-order valence-corrected chi connectivity index (χ2v) is 19.2. The van der Waals surface area contributed by atoms with Gasteiger partial charge >= 0.3 is 23.9 Å². The van der Waals surface area contributed by atoms with Crippen molar-refractivity contribution in [1.82, 2.24) is 4.90 Å². The Morgan fingerprint density at radius 2 is 1.55 bits per heavy atom. The Morgan fingerprint density at radius 3 is 2.14 bits per heavy atom. The van der Waals surface area contributed by atoms with Crippen molar-refractivity contribution in [1.29, 1.82) is 0 Å². The Balaban J connectivity index is 1.45. The number of nitrogens with zero attached hydrogens (tertiary/aromatic N) is 1. The maximum atomic E-state index is 13.9. The van der Waals surface area contributed by atoms with E-state index in [2.05, 4.69) is 11.8 Å². The summed E-state index contributed by atoms with van der Waals surface area (Å²) in [6.07, 6.45) is -5.31. The number of piperidine rings is 2. The van der Waals surface area contributed by atoms with E-state index < -0.39 is 124 Å². The number of aliphatic hydroxyl groups is 5. The molecule has 0 aromatic carbocycles. The number of carbonyl (C=O) groups is 4. The number of hydrogen-bond acceptors (Lipinski definition) is 15. The molecule has 0 radical (unpaired) electrons. The van der Waals surface area contributed by atoms with E-state index in [1.165, 1.54) is 20.8 Å². The van der Waals surface area contributed by atoms with Crippen molar-refractivity contribution < 1.29 is 68.4 Å². The van der Waals surface area contributed by atoms with Crippen LogP contribution in [-0.4, -0.2) is 132 Å². The first-order chi connectivity index (χ1) is 26.0. The zero-order chi connectivity index (χ0) is 41.3. The van der Waals surface area contributed by atoms with Gasteiger partial charge in [-0.1, -0.05) is 34.6 Å². The summed E-state index contributed by atoms with van der Waals surface area (Å²) in [5, 5.41) is 62.9. The first kappa shape index (κ1) is 41.7. The predicted molar refractivity (Wildman–Crippen MR) is 195 cm³/mol. The first-order valence-electron chi connectivity index (χ1n) is 20.7. The van der Waals surface area contributed by atoms with Gasteiger partial charge in [0, 0.05) is 44.3 Å². The van der Waals surface area contributed by atoms with Gasteiger partial charge in [-0.25, -0.2) is 4.79 Å². The largest absolute Gasteiger partial charge is 0.458 e. The molecule has 1 spiro atoms. The van der Waals surface area contributed by atoms with Gasteiger partial charge in [-0.3, -0.25) is 19.3 Å². The van der Waals surface area contributed by atoms with Gasteiger partial charge in [0.05, 0.1) is 35.1 Å². The summed E-state index contributed by atoms with van der Waals surface area (Å²) in [5.74, 6) is -10.8. The average Bonchev–Trinajstić information content (AvgIpc) is 3.40. The van der Waals surface area contributed by atoms with E-state index in [0.29, 0.717) is 31.8 Å². The van der Waals surface area contributed by atoms with Crippen LogP contribution >= 0.6 is 0 Å². The van der Waals surface area contributed by atoms with E-state index >= 15 is 0 Å². The zero-order valence-electron chi connectivity index (χ0n) is 34.2. The fourth-order valence-corrected chi connectivity index (χ4v) is 13.1. The number of ether oxygens (including phenoxy) is 5. The zero-order valence-corrected chi connectivity index (χ0v) is 34.2. The maximum Gasteiger partial charge on any atom is 0.338 e. The molecule has 7 rings (SSSR count). The summed E-state index contributed by atoms with van der Waals surface area (Å²) >= 11 is 0. The van der Waals surface area contributed by atoms with Crippen LogP contribution in [0.1, 0.15) is 107 Å². The Labute approximate surface area is 328 Å². The van der Waals surface area contributed by atoms with Crippen LogP contribution in [0.4, 0.5) is 0 Å². The van der Waals surface area contributed by atoms with Gasteiger partial charge in [0.25, 0.3) is 0 Å². The molecular formula is C41H63NO14. The van der Waals surface area contributed by atoms with Crippen LogP contribution in [0.5, 0.6) is 0 Å². The lowest BCUT2D eigenvalue weighted by molar-refractivity contribution is -0.301. The fourth-order valence-electron chi connectivity index (χ4n) is 13.1. The highest BCUT2D eigenvalue weighted by Crippen LogP contribution is 2.78. The maximum absolute atomic E-state index is 13.9. The third kappa shape index (κ3) is 5.60. The predicted octanol–water partition coefficient (Wildman–Crippen LogP) is 1.61. The van der Waals surface area contributed by atoms with Crippen molar-refractivity contribution in [3.63, 3.8) is 0 Å². The van der Waals surface area contributed by atoms with E-state index in [4.69, 9.17) is 23.7 Å². The van der Waals surface area contributed by atoms with Crippen LogP contribution in [0.2, 0.25) is 0 Å². The number of hydrogen-bond donors (Lipinski definition) is 5. The van der Waals surface area contributed by atoms with Crippen molar-refractivity contribution in [2.75, 3.05) is 13.1 Å². The van der Waals surface area contributed by atoms with Crippen molar-refractivity contribution >= 4 is 23.9 Å². The molecule has 7 aliphatic rings. The highest BCUT2D eigenvalue weighted by atomic mass is 16.7. The summed E-state index contributed by atoms with van der Waals surface area (Å²) in [6.45, 7) is 15.5. The fraction of sp³-hybridized carbons (Fsp3) is 0.902. The number of esters is 4. The Kier molecular flexibility index (Phi) is 10.1. The van der Waals surface area contributed by atoms with Crippen LogP contribution < -0.4 is 0 Å². The highest BCUT2D eigenvalue weighted by molar-refractivity contribution is 5.79. The molecule has 3 heterocycles. The minimum atomic E-state index is -2.38. The number of fused-ring (bicyclic) bond motifs is 5. The molecule has 7 fully saturated rings. The van der Waals surface area contributed by atoms with Gasteiger partial charge < -0.3 is 49.2 Å². The van der Waals surface area contributed by atoms with Crippen LogP contribution in [0.15, 0.2) is 0 Å². The quantitative estimate of drug-likeness (QED) is 0.174. The summed E-state index contributed by atoms with van der Waals surface area (Å²) in [5.41, 5.74) is -8.37. The summed E-state index contributed by atoms with van der Waals surface area (Å²) < 4.78 is 31.3. The smallest absolute Gasteiger partial charge is 0.338 e. The molecule has 4 saturated carbocycles. The van der Waals surface area contributed by atoms with Gasteiger partial charge in [0.1, 0.15) is 17.8 Å². The van der Waals surface area contributed by atoms with Gasteiger partial charge in [-0.2, -0.15) is 0 Å². The van der Waals surface area contributed by atoms with Crippen LogP contribution in [0.25, 0.3) is 0 Å². The molecule has 0 aromatic heterocycles. The van der Waals surface area contributed by atoms with Crippen LogP contribution in [-0.2, 0) is 42.9 Å². The molecule has 316 valence electrons. The number of aliphatic hydroxyl groups excluding tert-OH is 1. The van der Waals surface area contributed by atoms with Crippen LogP contribution in [0, 0.1) is 46.8 Å². The van der Waals surface area contributed by atoms with Crippen molar-refractivity contribution in [3.8, 4) is 0 Å². The van der Waals surface area contributed by atoms with Gasteiger partial charge in [0.2, 0.25) is 5.79 Å². The lowest BCUT2D eigenvalue weighted by Gasteiger charge is -2.64. The monoisotopic (exact) mass is 793 g/mol.